The Morgan fingerprint density at radius 1 is 0.923 bits per heavy atom. The van der Waals surface area contributed by atoms with Gasteiger partial charge in [0.05, 0.1) is 4.90 Å². The van der Waals surface area contributed by atoms with E-state index in [4.69, 9.17) is 0 Å². The molecule has 2 N–H and O–H groups in total. The van der Waals surface area contributed by atoms with Crippen molar-refractivity contribution in [2.45, 2.75) is 15.9 Å². The van der Waals surface area contributed by atoms with Crippen LogP contribution in [0.3, 0.4) is 0 Å². The molecule has 0 radical (unpaired) electrons. The number of hydrogen-bond donors (Lipinski definition) is 2. The van der Waals surface area contributed by atoms with Crippen LogP contribution in [0, 0.1) is 0 Å². The Kier molecular flexibility index (Phi) is 7.35. The zero-order valence-corrected chi connectivity index (χ0v) is 19.4. The van der Waals surface area contributed by atoms with E-state index in [1.165, 1.54) is 18.2 Å². The third-order valence-corrected chi connectivity index (χ3v) is 5.76. The topological polar surface area (TPSA) is 155 Å². The molecule has 3 rings (SSSR count). The van der Waals surface area contributed by atoms with E-state index >= 15 is 0 Å². The molecule has 0 fully saturated rings. The van der Waals surface area contributed by atoms with Crippen molar-refractivity contribution in [1.82, 2.24) is 0 Å². The predicted molar refractivity (Wildman–Crippen MR) is 80.5 cm³/mol. The van der Waals surface area contributed by atoms with Crippen molar-refractivity contribution < 1.29 is 95.3 Å². The summed E-state index contributed by atoms with van der Waals surface area (Å²) in [5.41, 5.74) is -0.0208. The van der Waals surface area contributed by atoms with E-state index in [1.807, 2.05) is 0 Å². The first-order valence-corrected chi connectivity index (χ1v) is 9.40. The summed E-state index contributed by atoms with van der Waals surface area (Å²) in [6, 6.07) is 6.10. The van der Waals surface area contributed by atoms with Gasteiger partial charge < -0.3 is 19.3 Å². The third-order valence-electron chi connectivity index (χ3n) is 3.82. The van der Waals surface area contributed by atoms with Crippen molar-refractivity contribution in [2.75, 3.05) is 0 Å². The molecule has 0 saturated carbocycles. The Hall–Kier alpha value is 0.180. The molecule has 1 atom stereocenters. The number of rotatable bonds is 2. The minimum Gasteiger partial charge on any atom is -0.747 e. The molecule has 0 aromatic heterocycles. The summed E-state index contributed by atoms with van der Waals surface area (Å²) in [5, 5.41) is 18.9. The Labute approximate surface area is 194 Å². The van der Waals surface area contributed by atoms with Crippen LogP contribution >= 0.6 is 0 Å². The van der Waals surface area contributed by atoms with Gasteiger partial charge in [0, 0.05) is 5.56 Å². The molecule has 1 aliphatic carbocycles. The fraction of sp³-hybridized carbons (Fsp3) is 0.143. The average Bonchev–Trinajstić information content (AvgIpc) is 2.42. The summed E-state index contributed by atoms with van der Waals surface area (Å²) < 4.78 is 66.9. The zero-order valence-electron chi connectivity index (χ0n) is 13.8. The van der Waals surface area contributed by atoms with Crippen molar-refractivity contribution in [3.8, 4) is 0 Å². The standard InChI is InChI=1S/C14H12O8S2.2Na/c15-14(16)12-7-10-6-11(23(17,18)19)3-1-8(10)5-9(12)2-4-13(14)24(20,21)22;;/h1-7,13,15-16H,(H,17,18,19)(H,20,21,22);;/q;2*+1/p-2. The van der Waals surface area contributed by atoms with Crippen molar-refractivity contribution in [3.63, 3.8) is 0 Å². The van der Waals surface area contributed by atoms with E-state index in [0.717, 1.165) is 24.3 Å². The molecular weight excluding hydrogens is 406 g/mol. The molecule has 0 aliphatic heterocycles. The van der Waals surface area contributed by atoms with Gasteiger partial charge in [-0.15, -0.1) is 0 Å². The van der Waals surface area contributed by atoms with Gasteiger partial charge in [-0.3, -0.25) is 0 Å². The molecule has 0 spiro atoms. The van der Waals surface area contributed by atoms with E-state index in [0.29, 0.717) is 5.39 Å². The summed E-state index contributed by atoms with van der Waals surface area (Å²) in [5.74, 6) is -2.98. The van der Waals surface area contributed by atoms with Crippen molar-refractivity contribution in [1.29, 1.82) is 0 Å². The van der Waals surface area contributed by atoms with E-state index in [9.17, 15) is 36.2 Å². The summed E-state index contributed by atoms with van der Waals surface area (Å²) in [6.45, 7) is 0. The first-order valence-electron chi connectivity index (χ1n) is 6.52. The van der Waals surface area contributed by atoms with Gasteiger partial charge in [-0.25, -0.2) is 16.8 Å². The van der Waals surface area contributed by atoms with E-state index < -0.39 is 36.2 Å². The number of fused-ring (bicyclic) bond motifs is 2. The minimum absolute atomic E-state index is 0. The van der Waals surface area contributed by atoms with E-state index in [-0.39, 0.29) is 75.6 Å². The molecule has 12 heteroatoms. The van der Waals surface area contributed by atoms with Crippen LogP contribution in [0.4, 0.5) is 0 Å². The summed E-state index contributed by atoms with van der Waals surface area (Å²) in [4.78, 5) is -0.518. The first-order chi connectivity index (χ1) is 10.9. The number of aliphatic hydroxyl groups is 2. The van der Waals surface area contributed by atoms with Crippen molar-refractivity contribution >= 4 is 37.1 Å². The Morgan fingerprint density at radius 3 is 2.08 bits per heavy atom. The molecular formula is C14H10Na2O8S2. The van der Waals surface area contributed by atoms with Gasteiger partial charge in [0.1, 0.15) is 25.5 Å². The van der Waals surface area contributed by atoms with Gasteiger partial charge in [0.15, 0.2) is 0 Å². The Bertz CT molecular complexity index is 1090. The minimum atomic E-state index is -5.04. The largest absolute Gasteiger partial charge is 1.00 e. The van der Waals surface area contributed by atoms with Crippen LogP contribution < -0.4 is 59.1 Å². The van der Waals surface area contributed by atoms with Gasteiger partial charge in [-0.2, -0.15) is 0 Å². The summed E-state index contributed by atoms with van der Waals surface area (Å²) >= 11 is 0. The second-order valence-electron chi connectivity index (χ2n) is 5.40. The molecule has 0 amide bonds. The Morgan fingerprint density at radius 2 is 1.54 bits per heavy atom. The molecule has 2 aromatic carbocycles. The Balaban J connectivity index is 0.00000169. The third kappa shape index (κ3) is 4.43. The SMILES string of the molecule is O=S(=O)([O-])c1ccc2cc3c(cc2c1)C(O)(O)C(S(=O)(=O)[O-])C=C3.[Na+].[Na+]. The molecule has 1 aliphatic rings. The van der Waals surface area contributed by atoms with E-state index in [1.54, 1.807) is 0 Å². The smallest absolute Gasteiger partial charge is 0.747 e. The summed E-state index contributed by atoms with van der Waals surface area (Å²) in [7, 11) is -9.76. The molecule has 1 unspecified atom stereocenters. The predicted octanol–water partition coefficient (Wildman–Crippen LogP) is -6.17. The molecule has 2 aromatic rings. The monoisotopic (exact) mass is 416 g/mol. The van der Waals surface area contributed by atoms with Gasteiger partial charge in [0.25, 0.3) is 0 Å². The van der Waals surface area contributed by atoms with Crippen LogP contribution in [0.2, 0.25) is 0 Å². The average molecular weight is 416 g/mol. The maximum absolute atomic E-state index is 11.2. The second kappa shape index (κ2) is 7.90. The second-order valence-corrected chi connectivity index (χ2v) is 8.27. The molecule has 26 heavy (non-hydrogen) atoms. The van der Waals surface area contributed by atoms with Gasteiger partial charge >= 0.3 is 59.1 Å². The van der Waals surface area contributed by atoms with Crippen LogP contribution in [0.1, 0.15) is 11.1 Å². The van der Waals surface area contributed by atoms with Crippen molar-refractivity contribution in [3.05, 3.63) is 47.5 Å². The first kappa shape index (κ1) is 24.2. The quantitative estimate of drug-likeness (QED) is 0.278. The molecule has 0 heterocycles. The van der Waals surface area contributed by atoms with Gasteiger partial charge in [0.2, 0.25) is 5.79 Å². The van der Waals surface area contributed by atoms with Crippen LogP contribution in [-0.4, -0.2) is 41.4 Å². The fourth-order valence-corrected chi connectivity index (χ4v) is 3.99. The summed E-state index contributed by atoms with van der Waals surface area (Å²) in [6.07, 6.45) is 2.14. The van der Waals surface area contributed by atoms with E-state index in [2.05, 4.69) is 0 Å². The van der Waals surface area contributed by atoms with Crippen LogP contribution in [-0.2, 0) is 26.0 Å². The van der Waals surface area contributed by atoms with Crippen LogP contribution in [0.5, 0.6) is 0 Å². The normalized spacial score (nSPS) is 18.5. The van der Waals surface area contributed by atoms with Gasteiger partial charge in [-0.05, 0) is 40.6 Å². The molecule has 0 saturated heterocycles. The molecule has 8 nitrogen and oxygen atoms in total. The van der Waals surface area contributed by atoms with Crippen LogP contribution in [0.25, 0.3) is 16.8 Å². The van der Waals surface area contributed by atoms with Crippen LogP contribution in [0.15, 0.2) is 41.3 Å². The molecule has 0 bridgehead atoms. The molecule has 128 valence electrons. The zero-order chi connectivity index (χ0) is 17.9. The number of benzene rings is 2. The number of hydrogen-bond acceptors (Lipinski definition) is 8. The maximum atomic E-state index is 11.2. The van der Waals surface area contributed by atoms with Crippen molar-refractivity contribution in [2.24, 2.45) is 0 Å². The maximum Gasteiger partial charge on any atom is 1.00 e. The van der Waals surface area contributed by atoms with Gasteiger partial charge in [-0.1, -0.05) is 18.2 Å². The fourth-order valence-electron chi connectivity index (χ4n) is 2.68.